The zero-order chi connectivity index (χ0) is 20.8. The average Bonchev–Trinajstić information content (AvgIpc) is 2.59. The van der Waals surface area contributed by atoms with E-state index in [9.17, 15) is 15.0 Å². The number of esters is 1. The van der Waals surface area contributed by atoms with Gasteiger partial charge in [-0.05, 0) is 30.6 Å². The first-order valence-electron chi connectivity index (χ1n) is 9.18. The van der Waals surface area contributed by atoms with Gasteiger partial charge in [-0.1, -0.05) is 51.1 Å². The van der Waals surface area contributed by atoms with Crippen molar-refractivity contribution in [2.24, 2.45) is 0 Å². The fraction of sp³-hybridized carbons (Fsp3) is 0.650. The van der Waals surface area contributed by atoms with Crippen molar-refractivity contribution in [3.05, 3.63) is 35.9 Å². The van der Waals surface area contributed by atoms with Gasteiger partial charge in [0.25, 0.3) is 0 Å². The van der Waals surface area contributed by atoms with Gasteiger partial charge >= 0.3 is 5.97 Å². The van der Waals surface area contributed by atoms with Crippen molar-refractivity contribution in [1.29, 1.82) is 0 Å². The van der Waals surface area contributed by atoms with E-state index in [-0.39, 0.29) is 11.6 Å². The highest BCUT2D eigenvalue weighted by Gasteiger charge is 2.43. The maximum absolute atomic E-state index is 11.7. The zero-order valence-corrected chi connectivity index (χ0v) is 18.4. The van der Waals surface area contributed by atoms with Crippen molar-refractivity contribution in [2.45, 2.75) is 76.8 Å². The van der Waals surface area contributed by atoms with Gasteiger partial charge in [0.05, 0.1) is 19.8 Å². The molecule has 0 aliphatic rings. The molecular formula is C20H34O6Si. The van der Waals surface area contributed by atoms with Crippen LogP contribution in [0.2, 0.25) is 18.1 Å². The number of ether oxygens (including phenoxy) is 2. The number of aliphatic hydroxyl groups excluding tert-OH is 2. The number of carbonyl (C=O) groups excluding carboxylic acids is 1. The lowest BCUT2D eigenvalue weighted by Crippen LogP contribution is -2.53. The van der Waals surface area contributed by atoms with E-state index in [1.54, 1.807) is 6.92 Å². The summed E-state index contributed by atoms with van der Waals surface area (Å²) in [5.74, 6) is -0.907. The minimum Gasteiger partial charge on any atom is -0.467 e. The van der Waals surface area contributed by atoms with Gasteiger partial charge in [0.1, 0.15) is 12.2 Å². The van der Waals surface area contributed by atoms with Gasteiger partial charge in [0.15, 0.2) is 14.4 Å². The molecule has 154 valence electrons. The summed E-state index contributed by atoms with van der Waals surface area (Å²) in [5, 5.41) is 20.7. The number of hydrogen-bond acceptors (Lipinski definition) is 6. The molecule has 0 heterocycles. The van der Waals surface area contributed by atoms with Gasteiger partial charge in [-0.2, -0.15) is 0 Å². The van der Waals surface area contributed by atoms with Crippen molar-refractivity contribution in [3.63, 3.8) is 0 Å². The summed E-state index contributed by atoms with van der Waals surface area (Å²) in [7, 11) is -0.984. The maximum Gasteiger partial charge on any atom is 0.337 e. The van der Waals surface area contributed by atoms with Crippen LogP contribution in [-0.2, 0) is 25.3 Å². The van der Waals surface area contributed by atoms with Crippen LogP contribution in [0.3, 0.4) is 0 Å². The predicted molar refractivity (Wildman–Crippen MR) is 107 cm³/mol. The van der Waals surface area contributed by atoms with Crippen LogP contribution < -0.4 is 0 Å². The molecule has 0 aliphatic heterocycles. The van der Waals surface area contributed by atoms with E-state index in [4.69, 9.17) is 9.16 Å². The quantitative estimate of drug-likeness (QED) is 0.491. The van der Waals surface area contributed by atoms with E-state index < -0.39 is 38.7 Å². The Morgan fingerprint density at radius 1 is 1.15 bits per heavy atom. The third-order valence-corrected chi connectivity index (χ3v) is 9.71. The second-order valence-corrected chi connectivity index (χ2v) is 13.1. The third kappa shape index (κ3) is 6.69. The largest absolute Gasteiger partial charge is 0.467 e. The molecule has 0 aromatic heterocycles. The first-order valence-corrected chi connectivity index (χ1v) is 12.1. The van der Waals surface area contributed by atoms with Crippen LogP contribution >= 0.6 is 0 Å². The monoisotopic (exact) mass is 398 g/mol. The molecule has 1 rings (SSSR count). The van der Waals surface area contributed by atoms with Crippen LogP contribution in [0, 0.1) is 0 Å². The van der Waals surface area contributed by atoms with E-state index in [0.29, 0.717) is 0 Å². The molecule has 1 aromatic carbocycles. The SMILES string of the molecule is COC(=O)[C@H](O)[C@@H](O)[C@@H](OCc1ccccc1)[C@@H](C)O[Si](C)(C)C(C)(C)C. The highest BCUT2D eigenvalue weighted by Crippen LogP contribution is 2.38. The molecule has 27 heavy (non-hydrogen) atoms. The van der Waals surface area contributed by atoms with Crippen LogP contribution in [0.25, 0.3) is 0 Å². The first kappa shape index (κ1) is 23.8. The van der Waals surface area contributed by atoms with Crippen LogP contribution in [-0.4, -0.2) is 56.0 Å². The lowest BCUT2D eigenvalue weighted by Gasteiger charge is -2.41. The van der Waals surface area contributed by atoms with E-state index in [0.717, 1.165) is 12.7 Å². The minimum absolute atomic E-state index is 0.0306. The Kier molecular flexibility index (Phi) is 8.63. The van der Waals surface area contributed by atoms with E-state index >= 15 is 0 Å². The summed E-state index contributed by atoms with van der Waals surface area (Å²) in [6.07, 6.45) is -4.60. The van der Waals surface area contributed by atoms with Gasteiger partial charge in [0, 0.05) is 0 Å². The molecule has 4 atom stereocenters. The number of hydrogen-bond donors (Lipinski definition) is 2. The van der Waals surface area contributed by atoms with Crippen LogP contribution in [0.5, 0.6) is 0 Å². The van der Waals surface area contributed by atoms with Gasteiger partial charge in [0.2, 0.25) is 0 Å². The molecule has 0 amide bonds. The molecule has 2 N–H and O–H groups in total. The molecule has 0 spiro atoms. The number of methoxy groups -OCH3 is 1. The molecule has 7 heteroatoms. The van der Waals surface area contributed by atoms with Gasteiger partial charge in [-0.25, -0.2) is 4.79 Å². The second-order valence-electron chi connectivity index (χ2n) is 8.30. The summed E-state index contributed by atoms with van der Waals surface area (Å²) in [4.78, 5) is 11.7. The smallest absolute Gasteiger partial charge is 0.337 e. The highest BCUT2D eigenvalue weighted by atomic mass is 28.4. The molecule has 0 radical (unpaired) electrons. The molecule has 1 aromatic rings. The lowest BCUT2D eigenvalue weighted by molar-refractivity contribution is -0.171. The Balaban J connectivity index is 2.99. The van der Waals surface area contributed by atoms with Gasteiger partial charge < -0.3 is 24.1 Å². The van der Waals surface area contributed by atoms with E-state index in [1.807, 2.05) is 30.3 Å². The van der Waals surface area contributed by atoms with E-state index in [1.165, 1.54) is 0 Å². The standard InChI is InChI=1S/C20H34O6Si/c1-14(26-27(6,7)20(2,3)4)18(16(21)17(22)19(23)24-5)25-13-15-11-9-8-10-12-15/h8-12,14,16-18,21-22H,13H2,1-7H3/t14-,16-,17-,18+/m1/s1. The minimum atomic E-state index is -2.14. The molecule has 0 saturated heterocycles. The number of carbonyl (C=O) groups is 1. The average molecular weight is 399 g/mol. The Bertz CT molecular complexity index is 584. The van der Waals surface area contributed by atoms with E-state index in [2.05, 4.69) is 38.6 Å². The molecule has 0 saturated carbocycles. The van der Waals surface area contributed by atoms with Crippen molar-refractivity contribution < 1.29 is 28.9 Å². The van der Waals surface area contributed by atoms with Crippen molar-refractivity contribution in [2.75, 3.05) is 7.11 Å². The summed E-state index contributed by atoms with van der Waals surface area (Å²) in [6, 6.07) is 9.49. The first-order chi connectivity index (χ1) is 12.4. The fourth-order valence-electron chi connectivity index (χ4n) is 2.43. The van der Waals surface area contributed by atoms with Crippen LogP contribution in [0.15, 0.2) is 30.3 Å². The number of benzene rings is 1. The maximum atomic E-state index is 11.7. The summed E-state index contributed by atoms with van der Waals surface area (Å²) < 4.78 is 16.8. The Morgan fingerprint density at radius 3 is 2.19 bits per heavy atom. The van der Waals surface area contributed by atoms with Crippen molar-refractivity contribution in [3.8, 4) is 0 Å². The van der Waals surface area contributed by atoms with Crippen LogP contribution in [0.1, 0.15) is 33.3 Å². The number of aliphatic hydroxyl groups is 2. The molecule has 0 bridgehead atoms. The van der Waals surface area contributed by atoms with Crippen molar-refractivity contribution >= 4 is 14.3 Å². The number of rotatable bonds is 9. The Morgan fingerprint density at radius 2 is 1.70 bits per heavy atom. The third-order valence-electron chi connectivity index (χ3n) is 5.14. The van der Waals surface area contributed by atoms with Crippen molar-refractivity contribution in [1.82, 2.24) is 0 Å². The van der Waals surface area contributed by atoms with Gasteiger partial charge in [-0.3, -0.25) is 0 Å². The summed E-state index contributed by atoms with van der Waals surface area (Å²) in [5.41, 5.74) is 0.918. The second kappa shape index (κ2) is 9.79. The zero-order valence-electron chi connectivity index (χ0n) is 17.4. The van der Waals surface area contributed by atoms with Gasteiger partial charge in [-0.15, -0.1) is 0 Å². The predicted octanol–water partition coefficient (Wildman–Crippen LogP) is 2.88. The van der Waals surface area contributed by atoms with Crippen LogP contribution in [0.4, 0.5) is 0 Å². The Hall–Kier alpha value is -1.25. The molecule has 0 unspecified atom stereocenters. The normalized spacial score (nSPS) is 17.1. The molecular weight excluding hydrogens is 364 g/mol. The topological polar surface area (TPSA) is 85.2 Å². The molecule has 6 nitrogen and oxygen atoms in total. The summed E-state index contributed by atoms with van der Waals surface area (Å²) >= 11 is 0. The lowest BCUT2D eigenvalue weighted by atomic mass is 10.0. The molecule has 0 fully saturated rings. The summed E-state index contributed by atoms with van der Waals surface area (Å²) in [6.45, 7) is 12.6. The fourth-order valence-corrected chi connectivity index (χ4v) is 3.84. The molecule has 0 aliphatic carbocycles. The Labute approximate surface area is 163 Å². The highest BCUT2D eigenvalue weighted by molar-refractivity contribution is 6.74.